The lowest BCUT2D eigenvalue weighted by molar-refractivity contribution is -0.126. The molecule has 1 fully saturated rings. The number of benzene rings is 3. The first-order valence-corrected chi connectivity index (χ1v) is 11.3. The van der Waals surface area contributed by atoms with Crippen molar-refractivity contribution >= 4 is 5.91 Å². The largest absolute Gasteiger partial charge is 0.489 e. The molecule has 4 rings (SSSR count). The maximum Gasteiger partial charge on any atom is 0.223 e. The van der Waals surface area contributed by atoms with Crippen LogP contribution < -0.4 is 10.1 Å². The number of carbonyl (C=O) groups is 1. The molecule has 0 unspecified atom stereocenters. The second-order valence-electron chi connectivity index (χ2n) is 8.45. The number of ether oxygens (including phenoxy) is 1. The summed E-state index contributed by atoms with van der Waals surface area (Å²) >= 11 is 0. The van der Waals surface area contributed by atoms with Crippen molar-refractivity contribution in [2.45, 2.75) is 32.5 Å². The topological polar surface area (TPSA) is 41.6 Å². The van der Waals surface area contributed by atoms with Crippen LogP contribution in [-0.4, -0.2) is 23.9 Å². The summed E-state index contributed by atoms with van der Waals surface area (Å²) in [4.78, 5) is 14.9. The summed E-state index contributed by atoms with van der Waals surface area (Å²) in [5, 5.41) is 3.05. The van der Waals surface area contributed by atoms with E-state index in [-0.39, 0.29) is 23.5 Å². The molecule has 6 heteroatoms. The van der Waals surface area contributed by atoms with Crippen molar-refractivity contribution in [1.82, 2.24) is 10.2 Å². The van der Waals surface area contributed by atoms with Crippen LogP contribution in [0.25, 0.3) is 0 Å². The average Bonchev–Trinajstić information content (AvgIpc) is 2.85. The summed E-state index contributed by atoms with van der Waals surface area (Å²) in [5.74, 6) is 0.353. The molecule has 0 atom stereocenters. The summed E-state index contributed by atoms with van der Waals surface area (Å²) in [7, 11) is 0. The van der Waals surface area contributed by atoms with Crippen LogP contribution in [0.15, 0.2) is 72.8 Å². The fourth-order valence-electron chi connectivity index (χ4n) is 3.99. The van der Waals surface area contributed by atoms with Crippen molar-refractivity contribution in [1.29, 1.82) is 0 Å². The quantitative estimate of drug-likeness (QED) is 0.521. The number of carbonyl (C=O) groups excluding carboxylic acids is 1. The van der Waals surface area contributed by atoms with Gasteiger partial charge in [0.25, 0.3) is 0 Å². The number of amides is 1. The maximum absolute atomic E-state index is 13.1. The Hall–Kier alpha value is -3.25. The highest BCUT2D eigenvalue weighted by molar-refractivity contribution is 5.78. The van der Waals surface area contributed by atoms with Crippen molar-refractivity contribution < 1.29 is 18.3 Å². The van der Waals surface area contributed by atoms with Gasteiger partial charge >= 0.3 is 0 Å². The van der Waals surface area contributed by atoms with E-state index < -0.39 is 0 Å². The molecule has 1 saturated heterocycles. The molecule has 3 aromatic rings. The van der Waals surface area contributed by atoms with Crippen LogP contribution >= 0.6 is 0 Å². The smallest absolute Gasteiger partial charge is 0.223 e. The van der Waals surface area contributed by atoms with Crippen molar-refractivity contribution in [2.75, 3.05) is 13.1 Å². The van der Waals surface area contributed by atoms with Crippen LogP contribution in [0.3, 0.4) is 0 Å². The highest BCUT2D eigenvalue weighted by atomic mass is 19.1. The van der Waals surface area contributed by atoms with Crippen molar-refractivity contribution in [3.05, 3.63) is 101 Å². The van der Waals surface area contributed by atoms with E-state index in [1.165, 1.54) is 24.3 Å². The Kier molecular flexibility index (Phi) is 7.68. The normalized spacial score (nSPS) is 14.7. The molecule has 4 nitrogen and oxygen atoms in total. The van der Waals surface area contributed by atoms with E-state index in [1.54, 1.807) is 12.1 Å². The predicted molar refractivity (Wildman–Crippen MR) is 123 cm³/mol. The standard InChI is InChI=1S/C27H28F2N2O2/c28-24-7-1-21(2-8-24)18-31-15-13-23(14-16-31)27(32)30-17-20-5-11-26(12-6-20)33-19-22-3-9-25(29)10-4-22/h1-12,23H,13-19H2,(H,30,32). The van der Waals surface area contributed by atoms with Gasteiger partial charge in [-0.1, -0.05) is 36.4 Å². The number of piperidine rings is 1. The fraction of sp³-hybridized carbons (Fsp3) is 0.296. The third-order valence-corrected chi connectivity index (χ3v) is 5.99. The van der Waals surface area contributed by atoms with E-state index in [9.17, 15) is 13.6 Å². The molecule has 1 amide bonds. The molecule has 1 heterocycles. The third-order valence-electron chi connectivity index (χ3n) is 5.99. The van der Waals surface area contributed by atoms with Gasteiger partial charge in [0.2, 0.25) is 5.91 Å². The van der Waals surface area contributed by atoms with Crippen molar-refractivity contribution in [2.24, 2.45) is 5.92 Å². The first-order chi connectivity index (χ1) is 16.0. The monoisotopic (exact) mass is 450 g/mol. The van der Waals surface area contributed by atoms with E-state index >= 15 is 0 Å². The van der Waals surface area contributed by atoms with Crippen LogP contribution in [-0.2, 0) is 24.5 Å². The molecule has 0 spiro atoms. The molecule has 0 aliphatic carbocycles. The van der Waals surface area contributed by atoms with Gasteiger partial charge in [-0.3, -0.25) is 9.69 Å². The van der Waals surface area contributed by atoms with Gasteiger partial charge in [0, 0.05) is 19.0 Å². The number of hydrogen-bond acceptors (Lipinski definition) is 3. The van der Waals surface area contributed by atoms with Gasteiger partial charge in [-0.05, 0) is 79.0 Å². The average molecular weight is 451 g/mol. The van der Waals surface area contributed by atoms with Gasteiger partial charge in [0.15, 0.2) is 0 Å². The number of likely N-dealkylation sites (tertiary alicyclic amines) is 1. The Morgan fingerprint density at radius 1 is 0.818 bits per heavy atom. The Balaban J connectivity index is 1.17. The highest BCUT2D eigenvalue weighted by Gasteiger charge is 2.24. The molecule has 172 valence electrons. The van der Waals surface area contributed by atoms with Crippen LogP contribution in [0.2, 0.25) is 0 Å². The zero-order valence-electron chi connectivity index (χ0n) is 18.5. The molecule has 1 N–H and O–H groups in total. The molecule has 0 radical (unpaired) electrons. The lowest BCUT2D eigenvalue weighted by Crippen LogP contribution is -2.40. The lowest BCUT2D eigenvalue weighted by Gasteiger charge is -2.31. The molecule has 1 aliphatic heterocycles. The molecule has 0 aromatic heterocycles. The SMILES string of the molecule is O=C(NCc1ccc(OCc2ccc(F)cc2)cc1)C1CCN(Cc2ccc(F)cc2)CC1. The summed E-state index contributed by atoms with van der Waals surface area (Å²) < 4.78 is 31.8. The zero-order chi connectivity index (χ0) is 23.0. The molecule has 33 heavy (non-hydrogen) atoms. The van der Waals surface area contributed by atoms with Crippen LogP contribution in [0.1, 0.15) is 29.5 Å². The van der Waals surface area contributed by atoms with Crippen LogP contribution in [0.4, 0.5) is 8.78 Å². The van der Waals surface area contributed by atoms with Gasteiger partial charge in [-0.25, -0.2) is 8.78 Å². The Morgan fingerprint density at radius 2 is 1.36 bits per heavy atom. The van der Waals surface area contributed by atoms with E-state index in [4.69, 9.17) is 4.74 Å². The zero-order valence-corrected chi connectivity index (χ0v) is 18.5. The first kappa shape index (κ1) is 22.9. The fourth-order valence-corrected chi connectivity index (χ4v) is 3.99. The maximum atomic E-state index is 13.1. The van der Waals surface area contributed by atoms with Gasteiger partial charge in [-0.15, -0.1) is 0 Å². The minimum absolute atomic E-state index is 0.0211. The van der Waals surface area contributed by atoms with Crippen molar-refractivity contribution in [3.8, 4) is 5.75 Å². The number of hydrogen-bond donors (Lipinski definition) is 1. The first-order valence-electron chi connectivity index (χ1n) is 11.3. The summed E-state index contributed by atoms with van der Waals surface area (Å²) in [6, 6.07) is 20.5. The summed E-state index contributed by atoms with van der Waals surface area (Å²) in [6.07, 6.45) is 1.65. The van der Waals surface area contributed by atoms with Crippen LogP contribution in [0, 0.1) is 17.6 Å². The molecule has 3 aromatic carbocycles. The minimum atomic E-state index is -0.263. The van der Waals surface area contributed by atoms with E-state index in [1.807, 2.05) is 36.4 Å². The second kappa shape index (κ2) is 11.1. The summed E-state index contributed by atoms with van der Waals surface area (Å²) in [5.41, 5.74) is 2.99. The third kappa shape index (κ3) is 6.86. The number of rotatable bonds is 8. The van der Waals surface area contributed by atoms with E-state index in [0.29, 0.717) is 13.2 Å². The van der Waals surface area contributed by atoms with Crippen LogP contribution in [0.5, 0.6) is 5.75 Å². The molecular formula is C27H28F2N2O2. The Morgan fingerprint density at radius 3 is 1.97 bits per heavy atom. The Bertz CT molecular complexity index is 1030. The molecule has 1 aliphatic rings. The van der Waals surface area contributed by atoms with Gasteiger partial charge in [0.1, 0.15) is 24.0 Å². The van der Waals surface area contributed by atoms with Gasteiger partial charge in [-0.2, -0.15) is 0 Å². The van der Waals surface area contributed by atoms with Gasteiger partial charge < -0.3 is 10.1 Å². The number of nitrogens with one attached hydrogen (secondary N) is 1. The lowest BCUT2D eigenvalue weighted by atomic mass is 9.95. The second-order valence-corrected chi connectivity index (χ2v) is 8.45. The molecule has 0 saturated carbocycles. The Labute approximate surface area is 193 Å². The molecule has 0 bridgehead atoms. The molecular weight excluding hydrogens is 422 g/mol. The predicted octanol–water partition coefficient (Wildman–Crippen LogP) is 5.07. The minimum Gasteiger partial charge on any atom is -0.489 e. The van der Waals surface area contributed by atoms with Gasteiger partial charge in [0.05, 0.1) is 0 Å². The van der Waals surface area contributed by atoms with E-state index in [0.717, 1.165) is 54.9 Å². The highest BCUT2D eigenvalue weighted by Crippen LogP contribution is 2.20. The van der Waals surface area contributed by atoms with Crippen molar-refractivity contribution in [3.63, 3.8) is 0 Å². The number of nitrogens with zero attached hydrogens (tertiary/aromatic N) is 1. The number of halogens is 2. The van der Waals surface area contributed by atoms with E-state index in [2.05, 4.69) is 10.2 Å². The summed E-state index contributed by atoms with van der Waals surface area (Å²) in [6.45, 7) is 3.35.